The van der Waals surface area contributed by atoms with Gasteiger partial charge >= 0.3 is 0 Å². The molecule has 0 spiro atoms. The fourth-order valence-corrected chi connectivity index (χ4v) is 2.82. The van der Waals surface area contributed by atoms with E-state index in [4.69, 9.17) is 5.84 Å². The Hall–Kier alpha value is -1.94. The second kappa shape index (κ2) is 6.01. The zero-order valence-corrected chi connectivity index (χ0v) is 12.6. The summed E-state index contributed by atoms with van der Waals surface area (Å²) >= 11 is 3.48. The van der Waals surface area contributed by atoms with E-state index in [-0.39, 0.29) is 5.82 Å². The molecule has 0 radical (unpaired) electrons. The van der Waals surface area contributed by atoms with E-state index in [0.29, 0.717) is 5.56 Å². The fourth-order valence-electron chi connectivity index (χ4n) is 2.18. The first-order valence-corrected chi connectivity index (χ1v) is 6.82. The molecule has 0 aromatic heterocycles. The predicted octanol–water partition coefficient (Wildman–Crippen LogP) is 4.50. The van der Waals surface area contributed by atoms with Crippen molar-refractivity contribution in [1.82, 2.24) is 0 Å². The van der Waals surface area contributed by atoms with Crippen LogP contribution in [0.3, 0.4) is 0 Å². The molecule has 2 nitrogen and oxygen atoms in total. The van der Waals surface area contributed by atoms with Crippen LogP contribution in [0.2, 0.25) is 0 Å². The minimum atomic E-state index is -0.251. The second-order valence-corrected chi connectivity index (χ2v) is 5.23. The third-order valence-corrected chi connectivity index (χ3v) is 3.75. The molecule has 0 saturated carbocycles. The maximum absolute atomic E-state index is 14.1. The summed E-state index contributed by atoms with van der Waals surface area (Å²) in [6, 6.07) is 8.75. The molecule has 2 rings (SSSR count). The number of nitrogens with zero attached hydrogens (tertiary/aromatic N) is 1. The number of hydrogen-bond donors (Lipinski definition) is 1. The van der Waals surface area contributed by atoms with Gasteiger partial charge in [-0.2, -0.15) is 5.10 Å². The number of rotatable bonds is 3. The van der Waals surface area contributed by atoms with Crippen molar-refractivity contribution in [3.63, 3.8) is 0 Å². The lowest BCUT2D eigenvalue weighted by molar-refractivity contribution is 0.630. The molecular formula is C16H14BrFN2. The van der Waals surface area contributed by atoms with Gasteiger partial charge in [0.1, 0.15) is 5.82 Å². The van der Waals surface area contributed by atoms with E-state index in [1.807, 2.05) is 25.1 Å². The molecule has 0 heterocycles. The lowest BCUT2D eigenvalue weighted by Gasteiger charge is -2.11. The molecule has 20 heavy (non-hydrogen) atoms. The average Bonchev–Trinajstić information content (AvgIpc) is 2.38. The van der Waals surface area contributed by atoms with Gasteiger partial charge < -0.3 is 5.84 Å². The van der Waals surface area contributed by atoms with Crippen molar-refractivity contribution < 1.29 is 4.39 Å². The number of halogens is 2. The maximum atomic E-state index is 14.1. The minimum absolute atomic E-state index is 0.251. The molecule has 0 atom stereocenters. The minimum Gasteiger partial charge on any atom is -0.323 e. The molecule has 2 aromatic carbocycles. The van der Waals surface area contributed by atoms with E-state index in [2.05, 4.69) is 27.6 Å². The number of hydrazone groups is 1. The summed E-state index contributed by atoms with van der Waals surface area (Å²) in [4.78, 5) is 0. The third kappa shape index (κ3) is 2.65. The molecule has 2 N–H and O–H groups in total. The first-order valence-electron chi connectivity index (χ1n) is 6.03. The average molecular weight is 333 g/mol. The molecule has 2 aromatic rings. The highest BCUT2D eigenvalue weighted by Crippen LogP contribution is 2.32. The van der Waals surface area contributed by atoms with Crippen LogP contribution in [0.5, 0.6) is 0 Å². The molecule has 0 amide bonds. The lowest BCUT2D eigenvalue weighted by Crippen LogP contribution is -1.95. The quantitative estimate of drug-likeness (QED) is 0.501. The summed E-state index contributed by atoms with van der Waals surface area (Å²) in [6.07, 6.45) is 3.24. The highest BCUT2D eigenvalue weighted by molar-refractivity contribution is 9.10. The van der Waals surface area contributed by atoms with E-state index in [1.54, 1.807) is 12.1 Å². The van der Waals surface area contributed by atoms with Crippen molar-refractivity contribution in [3.05, 3.63) is 63.9 Å². The van der Waals surface area contributed by atoms with Crippen molar-refractivity contribution in [1.29, 1.82) is 0 Å². The van der Waals surface area contributed by atoms with Gasteiger partial charge in [-0.3, -0.25) is 0 Å². The van der Waals surface area contributed by atoms with Crippen molar-refractivity contribution in [2.45, 2.75) is 6.92 Å². The summed E-state index contributed by atoms with van der Waals surface area (Å²) in [5.74, 6) is 4.98. The smallest absolute Gasteiger partial charge is 0.131 e. The monoisotopic (exact) mass is 332 g/mol. The zero-order chi connectivity index (χ0) is 14.7. The van der Waals surface area contributed by atoms with Gasteiger partial charge in [0.05, 0.1) is 6.21 Å². The van der Waals surface area contributed by atoms with Crippen molar-refractivity contribution in [3.8, 4) is 11.1 Å². The topological polar surface area (TPSA) is 38.4 Å². The van der Waals surface area contributed by atoms with Crippen LogP contribution in [0.1, 0.15) is 16.7 Å². The number of aryl methyl sites for hydroxylation is 1. The molecule has 102 valence electrons. The number of nitrogens with two attached hydrogens (primary N) is 1. The molecule has 0 saturated heterocycles. The molecule has 0 aliphatic rings. The third-order valence-electron chi connectivity index (χ3n) is 3.09. The summed E-state index contributed by atoms with van der Waals surface area (Å²) < 4.78 is 14.9. The van der Waals surface area contributed by atoms with E-state index in [0.717, 1.165) is 26.7 Å². The Morgan fingerprint density at radius 3 is 2.70 bits per heavy atom. The largest absolute Gasteiger partial charge is 0.323 e. The Bertz CT molecular complexity index is 673. The first kappa shape index (κ1) is 14.5. The summed E-state index contributed by atoms with van der Waals surface area (Å²) in [6.45, 7) is 5.65. The van der Waals surface area contributed by atoms with Gasteiger partial charge in [-0.25, -0.2) is 4.39 Å². The lowest BCUT2D eigenvalue weighted by atomic mass is 9.96. The van der Waals surface area contributed by atoms with Gasteiger partial charge in [-0.05, 0) is 41.8 Å². The summed E-state index contributed by atoms with van der Waals surface area (Å²) in [7, 11) is 0. The van der Waals surface area contributed by atoms with Crippen LogP contribution < -0.4 is 5.84 Å². The van der Waals surface area contributed by atoms with Crippen LogP contribution in [0, 0.1) is 12.7 Å². The Balaban J connectivity index is 2.73. The predicted molar refractivity (Wildman–Crippen MR) is 86.1 cm³/mol. The molecular weight excluding hydrogens is 319 g/mol. The van der Waals surface area contributed by atoms with Gasteiger partial charge in [-0.15, -0.1) is 0 Å². The van der Waals surface area contributed by atoms with Gasteiger partial charge in [0.15, 0.2) is 0 Å². The van der Waals surface area contributed by atoms with E-state index < -0.39 is 0 Å². The molecule has 0 bridgehead atoms. The Morgan fingerprint density at radius 2 is 2.10 bits per heavy atom. The van der Waals surface area contributed by atoms with Gasteiger partial charge in [-0.1, -0.05) is 40.7 Å². The van der Waals surface area contributed by atoms with Crippen LogP contribution in [-0.4, -0.2) is 6.21 Å². The Morgan fingerprint density at radius 1 is 1.35 bits per heavy atom. The van der Waals surface area contributed by atoms with Crippen molar-refractivity contribution >= 4 is 28.2 Å². The highest BCUT2D eigenvalue weighted by atomic mass is 79.9. The number of benzene rings is 2. The van der Waals surface area contributed by atoms with Crippen LogP contribution in [0.15, 0.2) is 46.5 Å². The summed E-state index contributed by atoms with van der Waals surface area (Å²) in [5.41, 5.74) is 3.88. The van der Waals surface area contributed by atoms with Crippen molar-refractivity contribution in [2.75, 3.05) is 0 Å². The SMILES string of the molecule is C=Cc1c(Br)cc(-c2c(C)cccc2F)cc1/C=N\N. The first-order chi connectivity index (χ1) is 9.58. The Kier molecular flexibility index (Phi) is 4.35. The van der Waals surface area contributed by atoms with E-state index in [1.165, 1.54) is 12.3 Å². The van der Waals surface area contributed by atoms with Gasteiger partial charge in [0, 0.05) is 15.6 Å². The standard InChI is InChI=1S/C16H14BrFN2/c1-3-13-12(9-20-19)7-11(8-14(13)17)16-10(2)5-4-6-15(16)18/h3-9H,1,19H2,2H3/b20-9-. The number of hydrogen-bond acceptors (Lipinski definition) is 2. The fraction of sp³-hybridized carbons (Fsp3) is 0.0625. The molecule has 0 unspecified atom stereocenters. The zero-order valence-electron chi connectivity index (χ0n) is 11.0. The highest BCUT2D eigenvalue weighted by Gasteiger charge is 2.12. The summed E-state index contributed by atoms with van der Waals surface area (Å²) in [5, 5.41) is 3.55. The van der Waals surface area contributed by atoms with Crippen LogP contribution >= 0.6 is 15.9 Å². The molecule has 0 aliphatic carbocycles. The van der Waals surface area contributed by atoms with Crippen molar-refractivity contribution in [2.24, 2.45) is 10.9 Å². The van der Waals surface area contributed by atoms with E-state index in [9.17, 15) is 4.39 Å². The van der Waals surface area contributed by atoms with Crippen LogP contribution in [0.25, 0.3) is 17.2 Å². The van der Waals surface area contributed by atoms with Gasteiger partial charge in [0.25, 0.3) is 0 Å². The van der Waals surface area contributed by atoms with E-state index >= 15 is 0 Å². The molecule has 0 fully saturated rings. The maximum Gasteiger partial charge on any atom is 0.131 e. The van der Waals surface area contributed by atoms with Crippen LogP contribution in [0.4, 0.5) is 4.39 Å². The Labute approximate surface area is 125 Å². The van der Waals surface area contributed by atoms with Crippen LogP contribution in [-0.2, 0) is 0 Å². The van der Waals surface area contributed by atoms with Gasteiger partial charge in [0.2, 0.25) is 0 Å². The normalized spacial score (nSPS) is 10.9. The second-order valence-electron chi connectivity index (χ2n) is 4.38. The molecule has 0 aliphatic heterocycles. The molecule has 4 heteroatoms.